The molecular weight excluding hydrogens is 420 g/mol. The van der Waals surface area contributed by atoms with Crippen molar-refractivity contribution in [1.82, 2.24) is 10.2 Å². The predicted molar refractivity (Wildman–Crippen MR) is 127 cm³/mol. The number of rotatable bonds is 13. The molecule has 4 atom stereocenters. The van der Waals surface area contributed by atoms with Crippen molar-refractivity contribution < 1.29 is 24.9 Å². The van der Waals surface area contributed by atoms with Crippen molar-refractivity contribution in [2.75, 3.05) is 32.9 Å². The molecule has 0 spiro atoms. The van der Waals surface area contributed by atoms with Gasteiger partial charge in [0.15, 0.2) is 0 Å². The van der Waals surface area contributed by atoms with Crippen LogP contribution in [0.15, 0.2) is 0 Å². The van der Waals surface area contributed by atoms with Gasteiger partial charge in [-0.05, 0) is 93.9 Å². The maximum Gasteiger partial charge on any atom is 0.240 e. The highest BCUT2D eigenvalue weighted by molar-refractivity contribution is 5.83. The Labute approximate surface area is 199 Å². The Morgan fingerprint density at radius 1 is 1.00 bits per heavy atom. The molecule has 5 aliphatic rings. The van der Waals surface area contributed by atoms with Gasteiger partial charge in [0.2, 0.25) is 5.91 Å². The molecule has 7 heteroatoms. The van der Waals surface area contributed by atoms with E-state index in [1.54, 1.807) is 4.90 Å². The SMILES string of the molecule is CCCCN1[C@@H](CO)[C@H](O)[C@@H](O)[C@@H]1C(=O)NCCCCCOCC12CC3CC(CC(C3)C1)C2. The Bertz CT molecular complexity index is 609. The van der Waals surface area contributed by atoms with Crippen molar-refractivity contribution in [3.05, 3.63) is 0 Å². The Kier molecular flexibility index (Phi) is 8.71. The lowest BCUT2D eigenvalue weighted by molar-refractivity contribution is -0.129. The summed E-state index contributed by atoms with van der Waals surface area (Å²) in [5, 5.41) is 33.2. The summed E-state index contributed by atoms with van der Waals surface area (Å²) in [7, 11) is 0. The minimum absolute atomic E-state index is 0.258. The number of unbranched alkanes of at least 4 members (excludes halogenated alkanes) is 3. The predicted octanol–water partition coefficient (Wildman–Crippen LogP) is 2.07. The van der Waals surface area contributed by atoms with Crippen LogP contribution in [0.25, 0.3) is 0 Å². The molecule has 0 unspecified atom stereocenters. The molecule has 4 N–H and O–H groups in total. The van der Waals surface area contributed by atoms with E-state index < -0.39 is 24.3 Å². The third-order valence-corrected chi connectivity index (χ3v) is 8.91. The molecule has 33 heavy (non-hydrogen) atoms. The van der Waals surface area contributed by atoms with E-state index in [1.165, 1.54) is 38.5 Å². The minimum atomic E-state index is -1.17. The van der Waals surface area contributed by atoms with Crippen LogP contribution >= 0.6 is 0 Å². The average Bonchev–Trinajstić information content (AvgIpc) is 3.02. The smallest absolute Gasteiger partial charge is 0.240 e. The third kappa shape index (κ3) is 5.75. The fourth-order valence-electron chi connectivity index (χ4n) is 7.75. The van der Waals surface area contributed by atoms with E-state index in [0.717, 1.165) is 63.1 Å². The fourth-order valence-corrected chi connectivity index (χ4v) is 7.75. The largest absolute Gasteiger partial charge is 0.395 e. The van der Waals surface area contributed by atoms with Gasteiger partial charge >= 0.3 is 0 Å². The molecule has 1 saturated heterocycles. The molecule has 1 amide bonds. The second-order valence-corrected chi connectivity index (χ2v) is 11.6. The molecular formula is C26H46N2O5. The van der Waals surface area contributed by atoms with Crippen molar-refractivity contribution in [3.8, 4) is 0 Å². The number of hydrogen-bond donors (Lipinski definition) is 4. The van der Waals surface area contributed by atoms with Gasteiger partial charge in [-0.1, -0.05) is 13.3 Å². The first-order valence-electron chi connectivity index (χ1n) is 13.5. The van der Waals surface area contributed by atoms with E-state index in [9.17, 15) is 20.1 Å². The molecule has 5 rings (SSSR count). The van der Waals surface area contributed by atoms with Crippen molar-refractivity contribution in [2.24, 2.45) is 23.2 Å². The number of carbonyl (C=O) groups excluding carboxylic acids is 1. The lowest BCUT2D eigenvalue weighted by Crippen LogP contribution is -2.50. The molecule has 4 bridgehead atoms. The third-order valence-electron chi connectivity index (χ3n) is 8.91. The first kappa shape index (κ1) is 25.4. The number of hydrogen-bond acceptors (Lipinski definition) is 6. The lowest BCUT2D eigenvalue weighted by Gasteiger charge is -2.56. The highest BCUT2D eigenvalue weighted by Crippen LogP contribution is 2.60. The number of aliphatic hydroxyl groups excluding tert-OH is 3. The van der Waals surface area contributed by atoms with E-state index in [-0.39, 0.29) is 12.5 Å². The summed E-state index contributed by atoms with van der Waals surface area (Å²) in [6, 6.07) is -1.39. The van der Waals surface area contributed by atoms with E-state index in [0.29, 0.717) is 18.5 Å². The standard InChI is InChI=1S/C26H46N2O5/c1-2-3-8-28-21(16-29)23(30)24(31)22(28)25(32)27-7-5-4-6-9-33-17-26-13-18-10-19(14-26)12-20(11-18)15-26/h18-24,29-31H,2-17H2,1H3,(H,27,32)/t18?,19?,20?,21-,22+,23-,24-,26?/m0/s1. The van der Waals surface area contributed by atoms with Gasteiger partial charge in [0, 0.05) is 13.2 Å². The molecule has 4 aliphatic carbocycles. The first-order chi connectivity index (χ1) is 16.0. The maximum absolute atomic E-state index is 12.7. The van der Waals surface area contributed by atoms with Gasteiger partial charge in [-0.3, -0.25) is 9.69 Å². The Morgan fingerprint density at radius 3 is 2.27 bits per heavy atom. The van der Waals surface area contributed by atoms with Crippen molar-refractivity contribution in [1.29, 1.82) is 0 Å². The summed E-state index contributed by atoms with van der Waals surface area (Å²) in [6.07, 6.45) is 11.0. The average molecular weight is 467 g/mol. The highest BCUT2D eigenvalue weighted by Gasteiger charge is 2.51. The summed E-state index contributed by atoms with van der Waals surface area (Å²) in [5.41, 5.74) is 0.478. The van der Waals surface area contributed by atoms with Crippen molar-refractivity contribution >= 4 is 5.91 Å². The number of nitrogens with zero attached hydrogens (tertiary/aromatic N) is 1. The van der Waals surface area contributed by atoms with Gasteiger partial charge in [-0.2, -0.15) is 0 Å². The van der Waals surface area contributed by atoms with Crippen LogP contribution in [0.5, 0.6) is 0 Å². The summed E-state index contributed by atoms with van der Waals surface area (Å²) in [4.78, 5) is 14.5. The van der Waals surface area contributed by atoms with Gasteiger partial charge < -0.3 is 25.4 Å². The van der Waals surface area contributed by atoms with Crippen LogP contribution in [0.2, 0.25) is 0 Å². The van der Waals surface area contributed by atoms with Gasteiger partial charge in [0.05, 0.1) is 25.4 Å². The van der Waals surface area contributed by atoms with Gasteiger partial charge in [-0.25, -0.2) is 0 Å². The topological polar surface area (TPSA) is 102 Å². The molecule has 190 valence electrons. The summed E-state index contributed by atoms with van der Waals surface area (Å²) in [5.74, 6) is 2.64. The number of ether oxygens (including phenoxy) is 1. The monoisotopic (exact) mass is 466 g/mol. The highest BCUT2D eigenvalue weighted by atomic mass is 16.5. The van der Waals surface area contributed by atoms with Crippen LogP contribution in [0.4, 0.5) is 0 Å². The summed E-state index contributed by atoms with van der Waals surface area (Å²) in [6.45, 7) is 4.66. The molecule has 5 fully saturated rings. The van der Waals surface area contributed by atoms with Crippen molar-refractivity contribution in [2.45, 2.75) is 102 Å². The number of nitrogens with one attached hydrogen (secondary N) is 1. The summed E-state index contributed by atoms with van der Waals surface area (Å²) < 4.78 is 6.15. The fraction of sp³-hybridized carbons (Fsp3) is 0.962. The van der Waals surface area contributed by atoms with E-state index in [2.05, 4.69) is 12.2 Å². The Morgan fingerprint density at radius 2 is 1.67 bits per heavy atom. The van der Waals surface area contributed by atoms with E-state index >= 15 is 0 Å². The molecule has 0 radical (unpaired) electrons. The Hall–Kier alpha value is -0.730. The first-order valence-corrected chi connectivity index (χ1v) is 13.5. The van der Waals surface area contributed by atoms with Gasteiger partial charge in [0.25, 0.3) is 0 Å². The van der Waals surface area contributed by atoms with Crippen LogP contribution in [0.1, 0.15) is 77.6 Å². The lowest BCUT2D eigenvalue weighted by atomic mass is 9.50. The number of amides is 1. The van der Waals surface area contributed by atoms with Gasteiger partial charge in [-0.15, -0.1) is 0 Å². The number of carbonyl (C=O) groups is 1. The van der Waals surface area contributed by atoms with Crippen LogP contribution in [-0.4, -0.2) is 83.3 Å². The molecule has 1 aliphatic heterocycles. The second-order valence-electron chi connectivity index (χ2n) is 11.6. The minimum Gasteiger partial charge on any atom is -0.395 e. The molecule has 0 aromatic heterocycles. The zero-order chi connectivity index (χ0) is 23.4. The van der Waals surface area contributed by atoms with Gasteiger partial charge in [0.1, 0.15) is 12.1 Å². The van der Waals surface area contributed by atoms with Crippen LogP contribution in [0, 0.1) is 23.2 Å². The second kappa shape index (κ2) is 11.3. The van der Waals surface area contributed by atoms with Crippen molar-refractivity contribution in [3.63, 3.8) is 0 Å². The van der Waals surface area contributed by atoms with Crippen LogP contribution in [-0.2, 0) is 9.53 Å². The van der Waals surface area contributed by atoms with E-state index in [4.69, 9.17) is 4.74 Å². The summed E-state index contributed by atoms with van der Waals surface area (Å²) >= 11 is 0. The molecule has 7 nitrogen and oxygen atoms in total. The maximum atomic E-state index is 12.7. The molecule has 4 saturated carbocycles. The van der Waals surface area contributed by atoms with E-state index in [1.807, 2.05) is 0 Å². The zero-order valence-electron chi connectivity index (χ0n) is 20.5. The molecule has 0 aromatic rings. The quantitative estimate of drug-likeness (QED) is 0.310. The Balaban J connectivity index is 1.11. The van der Waals surface area contributed by atoms with Crippen LogP contribution < -0.4 is 5.32 Å². The van der Waals surface area contributed by atoms with Crippen LogP contribution in [0.3, 0.4) is 0 Å². The number of aliphatic hydroxyl groups is 3. The zero-order valence-corrected chi connectivity index (χ0v) is 20.5. The molecule has 1 heterocycles. The molecule has 0 aromatic carbocycles. The number of likely N-dealkylation sites (tertiary alicyclic amines) is 1. The normalized spacial score (nSPS) is 39.9.